The first-order chi connectivity index (χ1) is 10.8. The Hall–Kier alpha value is -2.14. The fourth-order valence-corrected chi connectivity index (χ4v) is 2.65. The molecular weight excluding hydrogens is 356 g/mol. The van der Waals surface area contributed by atoms with Crippen LogP contribution in [0.5, 0.6) is 0 Å². The van der Waals surface area contributed by atoms with Gasteiger partial charge in [0, 0.05) is 15.8 Å². The lowest BCUT2D eigenvalue weighted by Crippen LogP contribution is -2.22. The SMILES string of the molecule is Cc1ccc(C)c(NC(=O)CC(=O)Nc2ccc(Br)cc2C)c1. The molecule has 0 saturated heterocycles. The van der Waals surface area contributed by atoms with Crippen LogP contribution in [0.4, 0.5) is 11.4 Å². The number of amides is 2. The Morgan fingerprint density at radius 3 is 2.17 bits per heavy atom. The van der Waals surface area contributed by atoms with Crippen LogP contribution in [0.2, 0.25) is 0 Å². The van der Waals surface area contributed by atoms with Gasteiger partial charge in [0.2, 0.25) is 11.8 Å². The molecule has 0 spiro atoms. The van der Waals surface area contributed by atoms with Crippen molar-refractivity contribution >= 4 is 39.1 Å². The minimum atomic E-state index is -0.335. The van der Waals surface area contributed by atoms with E-state index in [1.165, 1.54) is 0 Å². The summed E-state index contributed by atoms with van der Waals surface area (Å²) in [4.78, 5) is 24.1. The number of carbonyl (C=O) groups is 2. The molecule has 0 saturated carbocycles. The molecule has 0 unspecified atom stereocenters. The second kappa shape index (κ2) is 7.42. The van der Waals surface area contributed by atoms with Crippen molar-refractivity contribution in [1.29, 1.82) is 0 Å². The number of nitrogens with one attached hydrogen (secondary N) is 2. The second-order valence-corrected chi connectivity index (χ2v) is 6.47. The van der Waals surface area contributed by atoms with E-state index < -0.39 is 0 Å². The molecule has 2 amide bonds. The van der Waals surface area contributed by atoms with E-state index >= 15 is 0 Å². The normalized spacial score (nSPS) is 10.3. The maximum atomic E-state index is 12.0. The summed E-state index contributed by atoms with van der Waals surface area (Å²) in [7, 11) is 0. The van der Waals surface area contributed by atoms with Crippen LogP contribution < -0.4 is 10.6 Å². The lowest BCUT2D eigenvalue weighted by atomic mass is 10.1. The quantitative estimate of drug-likeness (QED) is 0.781. The fourth-order valence-electron chi connectivity index (χ4n) is 2.17. The molecule has 0 fully saturated rings. The molecule has 2 rings (SSSR count). The van der Waals surface area contributed by atoms with Crippen molar-refractivity contribution < 1.29 is 9.59 Å². The summed E-state index contributed by atoms with van der Waals surface area (Å²) in [6.45, 7) is 5.77. The molecule has 0 atom stereocenters. The highest BCUT2D eigenvalue weighted by Gasteiger charge is 2.12. The van der Waals surface area contributed by atoms with Crippen molar-refractivity contribution in [3.8, 4) is 0 Å². The largest absolute Gasteiger partial charge is 0.325 e. The third kappa shape index (κ3) is 4.93. The van der Waals surface area contributed by atoms with E-state index in [0.717, 1.165) is 26.9 Å². The van der Waals surface area contributed by atoms with Crippen molar-refractivity contribution in [1.82, 2.24) is 0 Å². The van der Waals surface area contributed by atoms with Crippen LogP contribution in [-0.2, 0) is 9.59 Å². The maximum Gasteiger partial charge on any atom is 0.233 e. The first-order valence-corrected chi connectivity index (χ1v) is 8.07. The summed E-state index contributed by atoms with van der Waals surface area (Å²) in [5.41, 5.74) is 4.40. The smallest absolute Gasteiger partial charge is 0.233 e. The van der Waals surface area contributed by atoms with Crippen LogP contribution in [0.25, 0.3) is 0 Å². The van der Waals surface area contributed by atoms with Crippen molar-refractivity contribution in [3.63, 3.8) is 0 Å². The van der Waals surface area contributed by atoms with Gasteiger partial charge >= 0.3 is 0 Å². The number of benzene rings is 2. The average Bonchev–Trinajstić information content (AvgIpc) is 2.46. The molecule has 0 aliphatic carbocycles. The summed E-state index contributed by atoms with van der Waals surface area (Å²) in [5.74, 6) is -0.663. The minimum Gasteiger partial charge on any atom is -0.325 e. The third-order valence-electron chi connectivity index (χ3n) is 3.45. The molecule has 0 aliphatic heterocycles. The van der Waals surface area contributed by atoms with Crippen LogP contribution in [0.3, 0.4) is 0 Å². The molecule has 0 heterocycles. The average molecular weight is 375 g/mol. The number of anilines is 2. The first kappa shape index (κ1) is 17.2. The molecule has 0 aromatic heterocycles. The standard InChI is InChI=1S/C18H19BrN2O2/c1-11-4-5-12(2)16(8-11)21-18(23)10-17(22)20-15-7-6-14(19)9-13(15)3/h4-9H,10H2,1-3H3,(H,20,22)(H,21,23). The summed E-state index contributed by atoms with van der Waals surface area (Å²) < 4.78 is 0.945. The van der Waals surface area contributed by atoms with Crippen molar-refractivity contribution in [3.05, 3.63) is 57.6 Å². The molecule has 0 bridgehead atoms. The number of hydrogen-bond donors (Lipinski definition) is 2. The van der Waals surface area contributed by atoms with Crippen molar-refractivity contribution in [2.45, 2.75) is 27.2 Å². The van der Waals surface area contributed by atoms with Gasteiger partial charge in [-0.3, -0.25) is 9.59 Å². The van der Waals surface area contributed by atoms with Gasteiger partial charge < -0.3 is 10.6 Å². The van der Waals surface area contributed by atoms with E-state index in [4.69, 9.17) is 0 Å². The topological polar surface area (TPSA) is 58.2 Å². The predicted octanol–water partition coefficient (Wildman–Crippen LogP) is 4.34. The number of hydrogen-bond acceptors (Lipinski definition) is 2. The Balaban J connectivity index is 1.97. The van der Waals surface area contributed by atoms with Crippen LogP contribution in [-0.4, -0.2) is 11.8 Å². The summed E-state index contributed by atoms with van der Waals surface area (Å²) >= 11 is 3.38. The maximum absolute atomic E-state index is 12.0. The molecular formula is C18H19BrN2O2. The number of halogens is 1. The molecule has 2 aromatic carbocycles. The van der Waals surface area contributed by atoms with Crippen LogP contribution >= 0.6 is 15.9 Å². The van der Waals surface area contributed by atoms with Gasteiger partial charge in [-0.1, -0.05) is 28.1 Å². The van der Waals surface area contributed by atoms with E-state index in [2.05, 4.69) is 26.6 Å². The molecule has 5 heteroatoms. The molecule has 120 valence electrons. The van der Waals surface area contributed by atoms with Crippen LogP contribution in [0, 0.1) is 20.8 Å². The molecule has 2 aromatic rings. The third-order valence-corrected chi connectivity index (χ3v) is 3.94. The van der Waals surface area contributed by atoms with Crippen molar-refractivity contribution in [2.75, 3.05) is 10.6 Å². The second-order valence-electron chi connectivity index (χ2n) is 5.55. The van der Waals surface area contributed by atoms with Gasteiger partial charge in [0.25, 0.3) is 0 Å². The van der Waals surface area contributed by atoms with Gasteiger partial charge in [-0.15, -0.1) is 0 Å². The van der Waals surface area contributed by atoms with Gasteiger partial charge in [0.15, 0.2) is 0 Å². The Kier molecular flexibility index (Phi) is 5.55. The van der Waals surface area contributed by atoms with E-state index in [1.807, 2.05) is 51.1 Å². The highest BCUT2D eigenvalue weighted by molar-refractivity contribution is 9.10. The Morgan fingerprint density at radius 2 is 1.52 bits per heavy atom. The molecule has 2 N–H and O–H groups in total. The first-order valence-electron chi connectivity index (χ1n) is 7.28. The molecule has 4 nitrogen and oxygen atoms in total. The zero-order chi connectivity index (χ0) is 17.0. The Morgan fingerprint density at radius 1 is 0.870 bits per heavy atom. The highest BCUT2D eigenvalue weighted by atomic mass is 79.9. The Bertz CT molecular complexity index is 757. The van der Waals surface area contributed by atoms with Gasteiger partial charge in [-0.2, -0.15) is 0 Å². The zero-order valence-electron chi connectivity index (χ0n) is 13.4. The summed E-state index contributed by atoms with van der Waals surface area (Å²) in [6, 6.07) is 11.4. The zero-order valence-corrected chi connectivity index (χ0v) is 15.0. The monoisotopic (exact) mass is 374 g/mol. The van der Waals surface area contributed by atoms with E-state index in [-0.39, 0.29) is 18.2 Å². The predicted molar refractivity (Wildman–Crippen MR) is 96.7 cm³/mol. The van der Waals surface area contributed by atoms with E-state index in [0.29, 0.717) is 5.69 Å². The minimum absolute atomic E-state index is 0.219. The highest BCUT2D eigenvalue weighted by Crippen LogP contribution is 2.20. The van der Waals surface area contributed by atoms with Crippen LogP contribution in [0.15, 0.2) is 40.9 Å². The lowest BCUT2D eigenvalue weighted by Gasteiger charge is -2.11. The van der Waals surface area contributed by atoms with Gasteiger partial charge in [0.1, 0.15) is 6.42 Å². The van der Waals surface area contributed by atoms with Gasteiger partial charge in [-0.05, 0) is 61.7 Å². The molecule has 0 aliphatic rings. The molecule has 0 radical (unpaired) electrons. The van der Waals surface area contributed by atoms with Gasteiger partial charge in [0.05, 0.1) is 0 Å². The van der Waals surface area contributed by atoms with Gasteiger partial charge in [-0.25, -0.2) is 0 Å². The van der Waals surface area contributed by atoms with Crippen molar-refractivity contribution in [2.24, 2.45) is 0 Å². The van der Waals surface area contributed by atoms with Crippen LogP contribution in [0.1, 0.15) is 23.1 Å². The van der Waals surface area contributed by atoms with E-state index in [1.54, 1.807) is 6.07 Å². The lowest BCUT2D eigenvalue weighted by molar-refractivity contribution is -0.123. The number of carbonyl (C=O) groups excluding carboxylic acids is 2. The number of aryl methyl sites for hydroxylation is 3. The number of rotatable bonds is 4. The summed E-state index contributed by atoms with van der Waals surface area (Å²) in [6.07, 6.45) is -0.219. The fraction of sp³-hybridized carbons (Fsp3) is 0.222. The van der Waals surface area contributed by atoms with E-state index in [9.17, 15) is 9.59 Å². The molecule has 23 heavy (non-hydrogen) atoms. The Labute approximate surface area is 144 Å². The summed E-state index contributed by atoms with van der Waals surface area (Å²) in [5, 5.41) is 5.54.